The molecule has 0 aliphatic carbocycles. The van der Waals surface area contributed by atoms with Crippen LogP contribution in [0, 0.1) is 13.8 Å². The molecule has 0 aliphatic heterocycles. The number of ether oxygens (including phenoxy) is 1. The first-order chi connectivity index (χ1) is 9.49. The largest absolute Gasteiger partial charge is 0.439 e. The molecule has 1 aromatic carbocycles. The van der Waals surface area contributed by atoms with Gasteiger partial charge in [0.15, 0.2) is 0 Å². The summed E-state index contributed by atoms with van der Waals surface area (Å²) in [5.41, 5.74) is 2.45. The van der Waals surface area contributed by atoms with Crippen LogP contribution < -0.4 is 10.1 Å². The smallest absolute Gasteiger partial charge is 0.224 e. The van der Waals surface area contributed by atoms with Crippen molar-refractivity contribution < 1.29 is 4.74 Å². The molecule has 20 heavy (non-hydrogen) atoms. The third-order valence-electron chi connectivity index (χ3n) is 3.19. The van der Waals surface area contributed by atoms with E-state index in [1.165, 1.54) is 11.1 Å². The molecule has 0 saturated heterocycles. The predicted octanol–water partition coefficient (Wildman–Crippen LogP) is 4.05. The molecule has 1 aromatic heterocycles. The molecule has 2 rings (SSSR count). The number of benzene rings is 1. The lowest BCUT2D eigenvalue weighted by atomic mass is 10.1. The van der Waals surface area contributed by atoms with Gasteiger partial charge in [-0.15, -0.1) is 0 Å². The van der Waals surface area contributed by atoms with Crippen LogP contribution in [0.1, 0.15) is 36.7 Å². The molecule has 0 radical (unpaired) electrons. The lowest BCUT2D eigenvalue weighted by Crippen LogP contribution is -2.03. The SMILES string of the molecule is CNc1cc(Oc2ccc(C)c(C)c2)nc(C(C)C)n1. The van der Waals surface area contributed by atoms with Crippen LogP contribution in [0.25, 0.3) is 0 Å². The van der Waals surface area contributed by atoms with Crippen molar-refractivity contribution in [1.82, 2.24) is 9.97 Å². The molecule has 0 bridgehead atoms. The van der Waals surface area contributed by atoms with E-state index in [1.54, 1.807) is 6.07 Å². The zero-order valence-corrected chi connectivity index (χ0v) is 12.7. The van der Waals surface area contributed by atoms with Crippen molar-refractivity contribution in [3.05, 3.63) is 41.2 Å². The fraction of sp³-hybridized carbons (Fsp3) is 0.375. The molecule has 0 amide bonds. The van der Waals surface area contributed by atoms with E-state index in [1.807, 2.05) is 25.2 Å². The van der Waals surface area contributed by atoms with Crippen molar-refractivity contribution >= 4 is 5.82 Å². The van der Waals surface area contributed by atoms with Crippen molar-refractivity contribution in [2.75, 3.05) is 12.4 Å². The van der Waals surface area contributed by atoms with Crippen LogP contribution in [-0.2, 0) is 0 Å². The fourth-order valence-electron chi connectivity index (χ4n) is 1.78. The number of hydrogen-bond acceptors (Lipinski definition) is 4. The second-order valence-electron chi connectivity index (χ2n) is 5.20. The average molecular weight is 271 g/mol. The Morgan fingerprint density at radius 3 is 2.40 bits per heavy atom. The molecule has 0 atom stereocenters. The summed E-state index contributed by atoms with van der Waals surface area (Å²) in [6.07, 6.45) is 0. The molecule has 4 heteroatoms. The van der Waals surface area contributed by atoms with Gasteiger partial charge in [-0.1, -0.05) is 19.9 Å². The third kappa shape index (κ3) is 3.26. The molecule has 1 heterocycles. The number of anilines is 1. The summed E-state index contributed by atoms with van der Waals surface area (Å²) in [5.74, 6) is 3.16. The van der Waals surface area contributed by atoms with Gasteiger partial charge in [-0.2, -0.15) is 4.98 Å². The summed E-state index contributed by atoms with van der Waals surface area (Å²) in [7, 11) is 1.84. The van der Waals surface area contributed by atoms with Crippen LogP contribution >= 0.6 is 0 Å². The molecule has 0 unspecified atom stereocenters. The maximum Gasteiger partial charge on any atom is 0.224 e. The minimum Gasteiger partial charge on any atom is -0.439 e. The molecule has 2 aromatic rings. The second kappa shape index (κ2) is 5.90. The Balaban J connectivity index is 2.32. The van der Waals surface area contributed by atoms with E-state index in [-0.39, 0.29) is 5.92 Å². The summed E-state index contributed by atoms with van der Waals surface area (Å²) < 4.78 is 5.86. The zero-order chi connectivity index (χ0) is 14.7. The Kier molecular flexibility index (Phi) is 4.23. The van der Waals surface area contributed by atoms with Gasteiger partial charge in [0.25, 0.3) is 0 Å². The van der Waals surface area contributed by atoms with Crippen LogP contribution in [0.2, 0.25) is 0 Å². The summed E-state index contributed by atoms with van der Waals surface area (Å²) in [5, 5.41) is 3.04. The molecule has 0 aliphatic rings. The van der Waals surface area contributed by atoms with Crippen LogP contribution in [0.5, 0.6) is 11.6 Å². The average Bonchev–Trinajstić information content (AvgIpc) is 2.42. The molecular weight excluding hydrogens is 250 g/mol. The standard InChI is InChI=1S/C16H21N3O/c1-10(2)16-18-14(17-5)9-15(19-16)20-13-7-6-11(3)12(4)8-13/h6-10H,1-5H3,(H,17,18,19). The van der Waals surface area contributed by atoms with Crippen molar-refractivity contribution in [3.63, 3.8) is 0 Å². The van der Waals surface area contributed by atoms with Gasteiger partial charge >= 0.3 is 0 Å². The highest BCUT2D eigenvalue weighted by molar-refractivity contribution is 5.41. The molecule has 0 fully saturated rings. The monoisotopic (exact) mass is 271 g/mol. The van der Waals surface area contributed by atoms with E-state index in [4.69, 9.17) is 4.74 Å². The van der Waals surface area contributed by atoms with E-state index < -0.39 is 0 Å². The maximum atomic E-state index is 5.86. The molecule has 4 nitrogen and oxygen atoms in total. The summed E-state index contributed by atoms with van der Waals surface area (Å²) in [4.78, 5) is 8.88. The van der Waals surface area contributed by atoms with Crippen LogP contribution in [-0.4, -0.2) is 17.0 Å². The molecule has 1 N–H and O–H groups in total. The van der Waals surface area contributed by atoms with Gasteiger partial charge in [0.2, 0.25) is 5.88 Å². The van der Waals surface area contributed by atoms with Gasteiger partial charge in [-0.25, -0.2) is 4.98 Å². The van der Waals surface area contributed by atoms with E-state index in [9.17, 15) is 0 Å². The van der Waals surface area contributed by atoms with Crippen LogP contribution in [0.15, 0.2) is 24.3 Å². The first-order valence-electron chi connectivity index (χ1n) is 6.81. The highest BCUT2D eigenvalue weighted by Gasteiger charge is 2.09. The van der Waals surface area contributed by atoms with E-state index >= 15 is 0 Å². The number of aryl methyl sites for hydroxylation is 2. The third-order valence-corrected chi connectivity index (χ3v) is 3.19. The number of hydrogen-bond donors (Lipinski definition) is 1. The topological polar surface area (TPSA) is 47.0 Å². The Morgan fingerprint density at radius 2 is 1.80 bits per heavy atom. The first kappa shape index (κ1) is 14.3. The maximum absolute atomic E-state index is 5.86. The fourth-order valence-corrected chi connectivity index (χ4v) is 1.78. The normalized spacial score (nSPS) is 10.7. The van der Waals surface area contributed by atoms with Gasteiger partial charge in [0, 0.05) is 19.0 Å². The molecular formula is C16H21N3O. The number of nitrogens with one attached hydrogen (secondary N) is 1. The minimum atomic E-state index is 0.255. The summed E-state index contributed by atoms with van der Waals surface area (Å²) in [6, 6.07) is 7.83. The highest BCUT2D eigenvalue weighted by atomic mass is 16.5. The Morgan fingerprint density at radius 1 is 1.05 bits per heavy atom. The van der Waals surface area contributed by atoms with Crippen LogP contribution in [0.3, 0.4) is 0 Å². The van der Waals surface area contributed by atoms with Gasteiger partial charge in [0.1, 0.15) is 17.4 Å². The number of rotatable bonds is 4. The molecule has 0 spiro atoms. The molecule has 106 valence electrons. The van der Waals surface area contributed by atoms with Gasteiger partial charge in [-0.3, -0.25) is 0 Å². The van der Waals surface area contributed by atoms with Crippen molar-refractivity contribution in [2.24, 2.45) is 0 Å². The van der Waals surface area contributed by atoms with Gasteiger partial charge in [0.05, 0.1) is 0 Å². The summed E-state index contributed by atoms with van der Waals surface area (Å²) >= 11 is 0. The second-order valence-corrected chi connectivity index (χ2v) is 5.20. The van der Waals surface area contributed by atoms with Crippen molar-refractivity contribution in [1.29, 1.82) is 0 Å². The Labute approximate surface area is 120 Å². The summed E-state index contributed by atoms with van der Waals surface area (Å²) in [6.45, 7) is 8.28. The highest BCUT2D eigenvalue weighted by Crippen LogP contribution is 2.25. The lowest BCUT2D eigenvalue weighted by molar-refractivity contribution is 0.457. The van der Waals surface area contributed by atoms with Crippen molar-refractivity contribution in [3.8, 4) is 11.6 Å². The van der Waals surface area contributed by atoms with E-state index in [2.05, 4.69) is 43.0 Å². The first-order valence-corrected chi connectivity index (χ1v) is 6.81. The van der Waals surface area contributed by atoms with E-state index in [0.717, 1.165) is 17.4 Å². The lowest BCUT2D eigenvalue weighted by Gasteiger charge is -2.11. The van der Waals surface area contributed by atoms with E-state index in [0.29, 0.717) is 5.88 Å². The zero-order valence-electron chi connectivity index (χ0n) is 12.7. The van der Waals surface area contributed by atoms with Crippen molar-refractivity contribution in [2.45, 2.75) is 33.6 Å². The quantitative estimate of drug-likeness (QED) is 0.911. The van der Waals surface area contributed by atoms with Gasteiger partial charge in [-0.05, 0) is 37.1 Å². The van der Waals surface area contributed by atoms with Gasteiger partial charge < -0.3 is 10.1 Å². The predicted molar refractivity (Wildman–Crippen MR) is 81.7 cm³/mol. The Hall–Kier alpha value is -2.10. The van der Waals surface area contributed by atoms with Crippen LogP contribution in [0.4, 0.5) is 5.82 Å². The Bertz CT molecular complexity index is 609. The minimum absolute atomic E-state index is 0.255. The number of aromatic nitrogens is 2. The number of nitrogens with zero attached hydrogens (tertiary/aromatic N) is 2. The molecule has 0 saturated carbocycles.